The van der Waals surface area contributed by atoms with Crippen molar-refractivity contribution in [1.29, 1.82) is 0 Å². The highest BCUT2D eigenvalue weighted by molar-refractivity contribution is 14.1. The lowest BCUT2D eigenvalue weighted by Gasteiger charge is -2.13. The fourth-order valence-electron chi connectivity index (χ4n) is 1.69. The highest BCUT2D eigenvalue weighted by atomic mass is 127. The Morgan fingerprint density at radius 2 is 1.61 bits per heavy atom. The van der Waals surface area contributed by atoms with E-state index in [2.05, 4.69) is 0 Å². The molecule has 0 N–H and O–H groups in total. The van der Waals surface area contributed by atoms with Crippen molar-refractivity contribution in [2.45, 2.75) is 6.18 Å². The summed E-state index contributed by atoms with van der Waals surface area (Å²) in [5.41, 5.74) is -0.541. The predicted octanol–water partition coefficient (Wildman–Crippen LogP) is 5.12. The lowest BCUT2D eigenvalue weighted by atomic mass is 9.99. The third-order valence-corrected chi connectivity index (χ3v) is 3.03. The van der Waals surface area contributed by atoms with Gasteiger partial charge in [-0.3, -0.25) is 0 Å². The van der Waals surface area contributed by atoms with E-state index in [1.807, 2.05) is 22.6 Å². The molecule has 0 saturated carbocycles. The first-order chi connectivity index (χ1) is 8.38. The molecule has 0 unspecified atom stereocenters. The van der Waals surface area contributed by atoms with Gasteiger partial charge in [0.05, 0.1) is 5.56 Å². The summed E-state index contributed by atoms with van der Waals surface area (Å²) in [6.45, 7) is 0. The van der Waals surface area contributed by atoms with Crippen molar-refractivity contribution in [2.75, 3.05) is 0 Å². The molecule has 0 atom stereocenters. The van der Waals surface area contributed by atoms with Gasteiger partial charge in [-0.2, -0.15) is 13.2 Å². The SMILES string of the molecule is Fc1cc(I)cc(-c2ccccc2C(F)(F)F)c1. The van der Waals surface area contributed by atoms with Crippen LogP contribution >= 0.6 is 22.6 Å². The first-order valence-electron chi connectivity index (χ1n) is 5.00. The number of hydrogen-bond donors (Lipinski definition) is 0. The minimum absolute atomic E-state index is 0.0117. The lowest BCUT2D eigenvalue weighted by molar-refractivity contribution is -0.137. The van der Waals surface area contributed by atoms with Crippen LogP contribution in [0.4, 0.5) is 17.6 Å². The molecule has 0 bridgehead atoms. The van der Waals surface area contributed by atoms with Crippen LogP contribution < -0.4 is 0 Å². The van der Waals surface area contributed by atoms with Crippen LogP contribution in [-0.4, -0.2) is 0 Å². The van der Waals surface area contributed by atoms with E-state index in [9.17, 15) is 17.6 Å². The van der Waals surface area contributed by atoms with Crippen molar-refractivity contribution in [2.24, 2.45) is 0 Å². The number of benzene rings is 2. The molecule has 5 heteroatoms. The molecule has 2 aromatic rings. The van der Waals surface area contributed by atoms with Crippen LogP contribution in [0, 0.1) is 9.39 Å². The molecule has 2 rings (SSSR count). The second-order valence-corrected chi connectivity index (χ2v) is 4.95. The lowest BCUT2D eigenvalue weighted by Crippen LogP contribution is -2.06. The first-order valence-corrected chi connectivity index (χ1v) is 6.08. The van der Waals surface area contributed by atoms with E-state index < -0.39 is 17.6 Å². The van der Waals surface area contributed by atoms with Crippen molar-refractivity contribution < 1.29 is 17.6 Å². The van der Waals surface area contributed by atoms with Gasteiger partial charge in [-0.25, -0.2) is 4.39 Å². The summed E-state index contributed by atoms with van der Waals surface area (Å²) in [6.07, 6.45) is -4.45. The third-order valence-electron chi connectivity index (χ3n) is 2.41. The van der Waals surface area contributed by atoms with Gasteiger partial charge in [0.1, 0.15) is 5.82 Å². The Balaban J connectivity index is 2.64. The molecule has 0 aliphatic carbocycles. The van der Waals surface area contributed by atoms with Crippen molar-refractivity contribution in [3.63, 3.8) is 0 Å². The molecule has 0 aliphatic rings. The highest BCUT2D eigenvalue weighted by Gasteiger charge is 2.33. The van der Waals surface area contributed by atoms with Crippen molar-refractivity contribution in [1.82, 2.24) is 0 Å². The zero-order valence-electron chi connectivity index (χ0n) is 8.93. The van der Waals surface area contributed by atoms with Crippen LogP contribution in [0.25, 0.3) is 11.1 Å². The average molecular weight is 366 g/mol. The van der Waals surface area contributed by atoms with Crippen LogP contribution in [0.2, 0.25) is 0 Å². The van der Waals surface area contributed by atoms with Crippen LogP contribution in [0.1, 0.15) is 5.56 Å². The molecule has 94 valence electrons. The minimum Gasteiger partial charge on any atom is -0.207 e. The Labute approximate surface area is 115 Å². The summed E-state index contributed by atoms with van der Waals surface area (Å²) in [5.74, 6) is -0.547. The second-order valence-electron chi connectivity index (χ2n) is 3.70. The van der Waals surface area contributed by atoms with Gasteiger partial charge in [0.25, 0.3) is 0 Å². The molecule has 0 aliphatic heterocycles. The van der Waals surface area contributed by atoms with Crippen LogP contribution in [-0.2, 0) is 6.18 Å². The molecule has 2 aromatic carbocycles. The van der Waals surface area contributed by atoms with Crippen LogP contribution in [0.3, 0.4) is 0 Å². The molecule has 0 heterocycles. The normalized spacial score (nSPS) is 11.6. The number of rotatable bonds is 1. The van der Waals surface area contributed by atoms with E-state index in [0.29, 0.717) is 3.57 Å². The van der Waals surface area contributed by atoms with Crippen molar-refractivity contribution in [3.8, 4) is 11.1 Å². The minimum atomic E-state index is -4.45. The van der Waals surface area contributed by atoms with E-state index in [4.69, 9.17) is 0 Å². The molecule has 0 spiro atoms. The summed E-state index contributed by atoms with van der Waals surface area (Å²) >= 11 is 1.87. The molecular weight excluding hydrogens is 359 g/mol. The summed E-state index contributed by atoms with van der Waals surface area (Å²) in [7, 11) is 0. The Hall–Kier alpha value is -1.11. The molecule has 0 aromatic heterocycles. The van der Waals surface area contributed by atoms with Crippen LogP contribution in [0.5, 0.6) is 0 Å². The number of halogens is 5. The van der Waals surface area contributed by atoms with Gasteiger partial charge < -0.3 is 0 Å². The molecule has 0 radical (unpaired) electrons. The van der Waals surface area contributed by atoms with Gasteiger partial charge in [0, 0.05) is 3.57 Å². The summed E-state index contributed by atoms with van der Waals surface area (Å²) in [6, 6.07) is 9.04. The van der Waals surface area contributed by atoms with Gasteiger partial charge >= 0.3 is 6.18 Å². The second kappa shape index (κ2) is 4.87. The maximum absolute atomic E-state index is 13.3. The average Bonchev–Trinajstić information content (AvgIpc) is 2.26. The van der Waals surface area contributed by atoms with Gasteiger partial charge in [0.15, 0.2) is 0 Å². The zero-order chi connectivity index (χ0) is 13.3. The zero-order valence-corrected chi connectivity index (χ0v) is 11.1. The van der Waals surface area contributed by atoms with Gasteiger partial charge in [-0.05, 0) is 58.0 Å². The quantitative estimate of drug-likeness (QED) is 0.486. The van der Waals surface area contributed by atoms with Crippen molar-refractivity contribution >= 4 is 22.6 Å². The fourth-order valence-corrected chi connectivity index (χ4v) is 2.32. The van der Waals surface area contributed by atoms with Gasteiger partial charge in [0.2, 0.25) is 0 Å². The largest absolute Gasteiger partial charge is 0.417 e. The monoisotopic (exact) mass is 366 g/mol. The Kier molecular flexibility index (Phi) is 3.61. The molecule has 0 saturated heterocycles. The first kappa shape index (κ1) is 13.3. The molecule has 0 amide bonds. The maximum Gasteiger partial charge on any atom is 0.417 e. The number of hydrogen-bond acceptors (Lipinski definition) is 0. The topological polar surface area (TPSA) is 0 Å². The van der Waals surface area contributed by atoms with E-state index in [-0.39, 0.29) is 11.1 Å². The van der Waals surface area contributed by atoms with Gasteiger partial charge in [-0.1, -0.05) is 18.2 Å². The summed E-state index contributed by atoms with van der Waals surface area (Å²) in [4.78, 5) is 0. The molecule has 0 fully saturated rings. The van der Waals surface area contributed by atoms with E-state index >= 15 is 0 Å². The highest BCUT2D eigenvalue weighted by Crippen LogP contribution is 2.37. The predicted molar refractivity (Wildman–Crippen MR) is 69.6 cm³/mol. The van der Waals surface area contributed by atoms with E-state index in [1.54, 1.807) is 0 Å². The Bertz CT molecular complexity index is 555. The fraction of sp³-hybridized carbons (Fsp3) is 0.0769. The van der Waals surface area contributed by atoms with E-state index in [1.165, 1.54) is 30.3 Å². The molecular formula is C13H7F4I. The number of alkyl halides is 3. The molecule has 0 nitrogen and oxygen atoms in total. The summed E-state index contributed by atoms with van der Waals surface area (Å²) in [5, 5.41) is 0. The molecule has 18 heavy (non-hydrogen) atoms. The smallest absolute Gasteiger partial charge is 0.207 e. The van der Waals surface area contributed by atoms with E-state index in [0.717, 1.165) is 12.1 Å². The summed E-state index contributed by atoms with van der Waals surface area (Å²) < 4.78 is 52.3. The van der Waals surface area contributed by atoms with Crippen molar-refractivity contribution in [3.05, 3.63) is 57.4 Å². The standard InChI is InChI=1S/C13H7F4I/c14-9-5-8(6-10(18)7-9)11-3-1-2-4-12(11)13(15,16)17/h1-7H. The van der Waals surface area contributed by atoms with Crippen LogP contribution in [0.15, 0.2) is 42.5 Å². The van der Waals surface area contributed by atoms with Gasteiger partial charge in [-0.15, -0.1) is 0 Å². The Morgan fingerprint density at radius 1 is 0.944 bits per heavy atom. The third kappa shape index (κ3) is 2.82. The Morgan fingerprint density at radius 3 is 2.22 bits per heavy atom. The maximum atomic E-state index is 13.3.